The minimum Gasteiger partial charge on any atom is -0.355 e. The molecule has 31 heavy (non-hydrogen) atoms. The molecule has 0 saturated carbocycles. The van der Waals surface area contributed by atoms with Crippen LogP contribution in [-0.2, 0) is 16.2 Å². The minimum atomic E-state index is -4.46. The van der Waals surface area contributed by atoms with E-state index in [-0.39, 0.29) is 23.4 Å². The molecule has 0 aromatic heterocycles. The number of carbonyl (C=O) groups is 1. The van der Waals surface area contributed by atoms with Crippen molar-refractivity contribution < 1.29 is 26.4 Å². The largest absolute Gasteiger partial charge is 0.416 e. The maximum Gasteiger partial charge on any atom is 0.416 e. The molecule has 1 aliphatic heterocycles. The van der Waals surface area contributed by atoms with Gasteiger partial charge in [0.15, 0.2) is 0 Å². The quantitative estimate of drug-likeness (QED) is 0.691. The van der Waals surface area contributed by atoms with Gasteiger partial charge in [-0.3, -0.25) is 4.79 Å². The molecule has 0 radical (unpaired) electrons. The number of halogens is 3. The molecule has 0 atom stereocenters. The molecule has 10 heteroatoms. The molecular formula is C21H24F3N3O3S. The van der Waals surface area contributed by atoms with Crippen LogP contribution in [0.3, 0.4) is 0 Å². The Balaban J connectivity index is 1.69. The number of hydrogen-bond acceptors (Lipinski definition) is 4. The van der Waals surface area contributed by atoms with Gasteiger partial charge in [-0.15, -0.1) is 0 Å². The third-order valence-electron chi connectivity index (χ3n) is 5.19. The van der Waals surface area contributed by atoms with Gasteiger partial charge in [-0.1, -0.05) is 18.2 Å². The van der Waals surface area contributed by atoms with E-state index in [9.17, 15) is 26.4 Å². The van der Waals surface area contributed by atoms with Gasteiger partial charge < -0.3 is 10.6 Å². The molecule has 0 bridgehead atoms. The lowest BCUT2D eigenvalue weighted by Crippen LogP contribution is -2.46. The lowest BCUT2D eigenvalue weighted by atomic mass is 10.1. The predicted octanol–water partition coefficient (Wildman–Crippen LogP) is 3.99. The lowest BCUT2D eigenvalue weighted by Gasteiger charge is -2.31. The highest BCUT2D eigenvalue weighted by molar-refractivity contribution is 7.89. The summed E-state index contributed by atoms with van der Waals surface area (Å²) in [4.78, 5) is 12.8. The summed E-state index contributed by atoms with van der Waals surface area (Å²) < 4.78 is 64.3. The first-order valence-electron chi connectivity index (χ1n) is 9.92. The highest BCUT2D eigenvalue weighted by Gasteiger charge is 2.31. The zero-order valence-corrected chi connectivity index (χ0v) is 17.8. The Morgan fingerprint density at radius 1 is 1.10 bits per heavy atom. The molecule has 1 amide bonds. The molecule has 2 aromatic rings. The number of para-hydroxylation sites is 1. The topological polar surface area (TPSA) is 78.5 Å². The fourth-order valence-electron chi connectivity index (χ4n) is 3.44. The fraction of sp³-hybridized carbons (Fsp3) is 0.381. The third kappa shape index (κ3) is 5.76. The molecule has 1 saturated heterocycles. The predicted molar refractivity (Wildman–Crippen MR) is 113 cm³/mol. The van der Waals surface area contributed by atoms with E-state index in [0.717, 1.165) is 12.1 Å². The molecule has 2 N–H and O–H groups in total. The first kappa shape index (κ1) is 23.1. The summed E-state index contributed by atoms with van der Waals surface area (Å²) in [6.45, 7) is 2.27. The number of alkyl halides is 3. The molecule has 168 valence electrons. The Morgan fingerprint density at radius 3 is 2.42 bits per heavy atom. The maximum atomic E-state index is 13.0. The van der Waals surface area contributed by atoms with Crippen LogP contribution in [0.1, 0.15) is 35.7 Å². The Labute approximate surface area is 179 Å². The summed E-state index contributed by atoms with van der Waals surface area (Å²) in [5, 5.41) is 5.80. The first-order chi connectivity index (χ1) is 14.6. The molecule has 3 rings (SSSR count). The lowest BCUT2D eigenvalue weighted by molar-refractivity contribution is -0.137. The second kappa shape index (κ2) is 9.27. The molecule has 1 fully saturated rings. The van der Waals surface area contributed by atoms with Crippen molar-refractivity contribution in [3.63, 3.8) is 0 Å². The number of nitrogens with zero attached hydrogens (tertiary/aromatic N) is 1. The third-order valence-corrected chi connectivity index (χ3v) is 7.07. The van der Waals surface area contributed by atoms with Gasteiger partial charge in [-0.2, -0.15) is 13.2 Å². The maximum absolute atomic E-state index is 13.0. The van der Waals surface area contributed by atoms with Crippen LogP contribution in [0.4, 0.5) is 24.5 Å². The number of sulfonamides is 1. The monoisotopic (exact) mass is 455 g/mol. The summed E-state index contributed by atoms with van der Waals surface area (Å²) in [6, 6.07) is 11.1. The number of piperidine rings is 1. The van der Waals surface area contributed by atoms with Gasteiger partial charge in [0.1, 0.15) is 0 Å². The number of benzene rings is 2. The van der Waals surface area contributed by atoms with Gasteiger partial charge in [-0.05, 0) is 50.1 Å². The number of nitrogens with one attached hydrogen (secondary N) is 2. The normalized spacial score (nSPS) is 16.1. The van der Waals surface area contributed by atoms with Gasteiger partial charge >= 0.3 is 6.18 Å². The smallest absolute Gasteiger partial charge is 0.355 e. The van der Waals surface area contributed by atoms with E-state index >= 15 is 0 Å². The summed E-state index contributed by atoms with van der Waals surface area (Å²) in [5.74, 6) is -0.328. The number of hydrogen-bond donors (Lipinski definition) is 2. The number of amides is 1. The molecule has 0 spiro atoms. The van der Waals surface area contributed by atoms with Crippen molar-refractivity contribution in [3.05, 3.63) is 59.7 Å². The van der Waals surface area contributed by atoms with Crippen molar-refractivity contribution in [2.24, 2.45) is 0 Å². The van der Waals surface area contributed by atoms with Crippen LogP contribution in [0, 0.1) is 0 Å². The summed E-state index contributed by atoms with van der Waals surface area (Å²) in [7, 11) is -3.25. The van der Waals surface area contributed by atoms with Gasteiger partial charge in [0, 0.05) is 24.8 Å². The summed E-state index contributed by atoms with van der Waals surface area (Å²) >= 11 is 0. The Hall–Kier alpha value is -2.59. The zero-order valence-electron chi connectivity index (χ0n) is 16.9. The molecule has 0 aliphatic carbocycles. The molecule has 1 aliphatic rings. The average molecular weight is 456 g/mol. The molecule has 6 nitrogen and oxygen atoms in total. The average Bonchev–Trinajstić information content (AvgIpc) is 2.74. The molecule has 1 heterocycles. The molecule has 0 unspecified atom stereocenters. The zero-order chi connectivity index (χ0) is 22.6. The van der Waals surface area contributed by atoms with Crippen molar-refractivity contribution in [2.45, 2.75) is 32.0 Å². The number of carbonyl (C=O) groups excluding carboxylic acids is 1. The van der Waals surface area contributed by atoms with Gasteiger partial charge in [0.25, 0.3) is 5.91 Å². The Morgan fingerprint density at radius 2 is 1.77 bits per heavy atom. The van der Waals surface area contributed by atoms with Crippen molar-refractivity contribution in [3.8, 4) is 0 Å². The van der Waals surface area contributed by atoms with Crippen molar-refractivity contribution in [2.75, 3.05) is 24.2 Å². The van der Waals surface area contributed by atoms with E-state index in [1.54, 1.807) is 31.2 Å². The molecular weight excluding hydrogens is 431 g/mol. The summed E-state index contributed by atoms with van der Waals surface area (Å²) in [5.41, 5.74) is 0.107. The van der Waals surface area contributed by atoms with E-state index in [2.05, 4.69) is 10.6 Å². The van der Waals surface area contributed by atoms with E-state index in [1.807, 2.05) is 0 Å². The SMILES string of the molecule is CCS(=O)(=O)N1CCC(NC(=O)c2ccccc2Nc2cccc(C(F)(F)F)c2)CC1. The van der Waals surface area contributed by atoms with Gasteiger partial charge in [0.2, 0.25) is 10.0 Å². The highest BCUT2D eigenvalue weighted by atomic mass is 32.2. The van der Waals surface area contributed by atoms with E-state index in [1.165, 1.54) is 16.4 Å². The summed E-state index contributed by atoms with van der Waals surface area (Å²) in [6.07, 6.45) is -3.48. The highest BCUT2D eigenvalue weighted by Crippen LogP contribution is 2.32. The fourth-order valence-corrected chi connectivity index (χ4v) is 4.58. The second-order valence-corrected chi connectivity index (χ2v) is 9.55. The van der Waals surface area contributed by atoms with E-state index in [4.69, 9.17) is 0 Å². The van der Waals surface area contributed by atoms with Crippen molar-refractivity contribution in [1.29, 1.82) is 0 Å². The van der Waals surface area contributed by atoms with Crippen LogP contribution in [0.25, 0.3) is 0 Å². The van der Waals surface area contributed by atoms with Crippen LogP contribution in [0.15, 0.2) is 48.5 Å². The Bertz CT molecular complexity index is 1030. The van der Waals surface area contributed by atoms with Crippen LogP contribution < -0.4 is 10.6 Å². The van der Waals surface area contributed by atoms with Gasteiger partial charge in [-0.25, -0.2) is 12.7 Å². The van der Waals surface area contributed by atoms with Crippen LogP contribution >= 0.6 is 0 Å². The number of rotatable bonds is 6. The van der Waals surface area contributed by atoms with Crippen molar-refractivity contribution in [1.82, 2.24) is 9.62 Å². The van der Waals surface area contributed by atoms with Gasteiger partial charge in [0.05, 0.1) is 22.6 Å². The molecule has 2 aromatic carbocycles. The van der Waals surface area contributed by atoms with E-state index in [0.29, 0.717) is 37.2 Å². The van der Waals surface area contributed by atoms with Crippen LogP contribution in [-0.4, -0.2) is 43.5 Å². The van der Waals surface area contributed by atoms with E-state index < -0.39 is 21.8 Å². The standard InChI is InChI=1S/C21H24F3N3O3S/c1-2-31(29,30)27-12-10-16(11-13-27)26-20(28)18-8-3-4-9-19(18)25-17-7-5-6-15(14-17)21(22,23)24/h3-9,14,16,25H,2,10-13H2,1H3,(H,26,28). The Kier molecular flexibility index (Phi) is 6.90. The van der Waals surface area contributed by atoms with Crippen LogP contribution in [0.5, 0.6) is 0 Å². The first-order valence-corrected chi connectivity index (χ1v) is 11.5. The second-order valence-electron chi connectivity index (χ2n) is 7.30. The van der Waals surface area contributed by atoms with Crippen molar-refractivity contribution >= 4 is 27.3 Å². The number of anilines is 2. The van der Waals surface area contributed by atoms with Crippen LogP contribution in [0.2, 0.25) is 0 Å². The minimum absolute atomic E-state index is 0.0403.